The van der Waals surface area contributed by atoms with Crippen molar-refractivity contribution in [1.29, 1.82) is 0 Å². The SMILES string of the molecule is CCNC(=NCC1(c2ccccc2)CCC1)NCCC(=O)N(CC)CC. The first-order chi connectivity index (χ1) is 12.6. The Kier molecular flexibility index (Phi) is 7.95. The molecule has 0 bridgehead atoms. The summed E-state index contributed by atoms with van der Waals surface area (Å²) in [5, 5.41) is 6.62. The highest BCUT2D eigenvalue weighted by molar-refractivity contribution is 5.81. The van der Waals surface area contributed by atoms with E-state index in [1.54, 1.807) is 0 Å². The van der Waals surface area contributed by atoms with E-state index in [1.807, 2.05) is 18.7 Å². The number of aliphatic imine (C=N–C) groups is 1. The van der Waals surface area contributed by atoms with Gasteiger partial charge in [0.25, 0.3) is 0 Å². The molecular formula is C21H34N4O. The Morgan fingerprint density at radius 3 is 2.35 bits per heavy atom. The Hall–Kier alpha value is -2.04. The molecule has 26 heavy (non-hydrogen) atoms. The van der Waals surface area contributed by atoms with Crippen molar-refractivity contribution in [3.63, 3.8) is 0 Å². The number of hydrogen-bond donors (Lipinski definition) is 2. The highest BCUT2D eigenvalue weighted by Crippen LogP contribution is 2.43. The zero-order valence-electron chi connectivity index (χ0n) is 16.6. The minimum Gasteiger partial charge on any atom is -0.357 e. The number of nitrogens with one attached hydrogen (secondary N) is 2. The highest BCUT2D eigenvalue weighted by atomic mass is 16.2. The quantitative estimate of drug-likeness (QED) is 0.527. The van der Waals surface area contributed by atoms with Gasteiger partial charge in [0.2, 0.25) is 5.91 Å². The van der Waals surface area contributed by atoms with E-state index in [0.29, 0.717) is 13.0 Å². The van der Waals surface area contributed by atoms with Crippen LogP contribution in [0.2, 0.25) is 0 Å². The van der Waals surface area contributed by atoms with Gasteiger partial charge in [-0.15, -0.1) is 0 Å². The van der Waals surface area contributed by atoms with Gasteiger partial charge in [0, 0.05) is 38.0 Å². The van der Waals surface area contributed by atoms with Crippen LogP contribution in [0.3, 0.4) is 0 Å². The zero-order chi connectivity index (χ0) is 18.8. The lowest BCUT2D eigenvalue weighted by atomic mass is 9.64. The van der Waals surface area contributed by atoms with Crippen LogP contribution in [0.25, 0.3) is 0 Å². The summed E-state index contributed by atoms with van der Waals surface area (Å²) >= 11 is 0. The van der Waals surface area contributed by atoms with Crippen molar-refractivity contribution >= 4 is 11.9 Å². The van der Waals surface area contributed by atoms with Crippen LogP contribution in [0.1, 0.15) is 52.0 Å². The monoisotopic (exact) mass is 358 g/mol. The van der Waals surface area contributed by atoms with Crippen molar-refractivity contribution in [1.82, 2.24) is 15.5 Å². The van der Waals surface area contributed by atoms with Gasteiger partial charge in [-0.1, -0.05) is 36.8 Å². The van der Waals surface area contributed by atoms with Gasteiger partial charge < -0.3 is 15.5 Å². The van der Waals surface area contributed by atoms with E-state index in [1.165, 1.54) is 24.8 Å². The van der Waals surface area contributed by atoms with Crippen LogP contribution in [0.15, 0.2) is 35.3 Å². The molecule has 0 radical (unpaired) electrons. The lowest BCUT2D eigenvalue weighted by Crippen LogP contribution is -2.42. The van der Waals surface area contributed by atoms with Crippen molar-refractivity contribution in [2.45, 2.75) is 51.9 Å². The maximum Gasteiger partial charge on any atom is 0.224 e. The fourth-order valence-electron chi connectivity index (χ4n) is 3.53. The van der Waals surface area contributed by atoms with Crippen LogP contribution < -0.4 is 10.6 Å². The van der Waals surface area contributed by atoms with E-state index >= 15 is 0 Å². The summed E-state index contributed by atoms with van der Waals surface area (Å²) in [6, 6.07) is 10.7. The molecule has 5 heteroatoms. The predicted molar refractivity (Wildman–Crippen MR) is 108 cm³/mol. The van der Waals surface area contributed by atoms with E-state index in [9.17, 15) is 4.79 Å². The molecule has 1 saturated carbocycles. The van der Waals surface area contributed by atoms with Gasteiger partial charge in [0.05, 0.1) is 6.54 Å². The number of rotatable bonds is 9. The van der Waals surface area contributed by atoms with Gasteiger partial charge in [-0.05, 0) is 39.2 Å². The van der Waals surface area contributed by atoms with Crippen LogP contribution in [-0.2, 0) is 10.2 Å². The maximum absolute atomic E-state index is 12.1. The molecule has 0 aliphatic heterocycles. The number of carbonyl (C=O) groups excluding carboxylic acids is 1. The summed E-state index contributed by atoms with van der Waals surface area (Å²) in [5.74, 6) is 1.00. The molecule has 1 fully saturated rings. The molecule has 1 aromatic carbocycles. The molecule has 5 nitrogen and oxygen atoms in total. The van der Waals surface area contributed by atoms with Gasteiger partial charge in [0.1, 0.15) is 0 Å². The second-order valence-corrected chi connectivity index (χ2v) is 6.94. The second kappa shape index (κ2) is 10.2. The Balaban J connectivity index is 1.93. The molecule has 0 heterocycles. The largest absolute Gasteiger partial charge is 0.357 e. The number of benzene rings is 1. The molecule has 0 unspecified atom stereocenters. The first kappa shape index (κ1) is 20.3. The average Bonchev–Trinajstić information content (AvgIpc) is 2.62. The maximum atomic E-state index is 12.1. The summed E-state index contributed by atoms with van der Waals surface area (Å²) in [4.78, 5) is 18.8. The van der Waals surface area contributed by atoms with Gasteiger partial charge in [-0.2, -0.15) is 0 Å². The van der Waals surface area contributed by atoms with E-state index in [4.69, 9.17) is 4.99 Å². The van der Waals surface area contributed by atoms with Crippen LogP contribution in [0, 0.1) is 0 Å². The molecule has 0 atom stereocenters. The first-order valence-electron chi connectivity index (χ1n) is 10.0. The van der Waals surface area contributed by atoms with Crippen molar-refractivity contribution in [3.8, 4) is 0 Å². The Bertz CT molecular complexity index is 577. The standard InChI is InChI=1S/C21H34N4O/c1-4-22-20(23-16-13-19(26)25(5-2)6-3)24-17-21(14-10-15-21)18-11-8-7-9-12-18/h7-9,11-12H,4-6,10,13-17H2,1-3H3,(H2,22,23,24). The molecule has 1 aromatic rings. The highest BCUT2D eigenvalue weighted by Gasteiger charge is 2.38. The molecule has 2 rings (SSSR count). The summed E-state index contributed by atoms with van der Waals surface area (Å²) in [5.41, 5.74) is 1.57. The average molecular weight is 359 g/mol. The second-order valence-electron chi connectivity index (χ2n) is 6.94. The fourth-order valence-corrected chi connectivity index (χ4v) is 3.53. The van der Waals surface area contributed by atoms with Crippen molar-refractivity contribution in [2.75, 3.05) is 32.7 Å². The van der Waals surface area contributed by atoms with Crippen LogP contribution in [0.4, 0.5) is 0 Å². The zero-order valence-corrected chi connectivity index (χ0v) is 16.6. The molecule has 2 N–H and O–H groups in total. The molecule has 0 spiro atoms. The molecule has 0 saturated heterocycles. The molecule has 0 aromatic heterocycles. The summed E-state index contributed by atoms with van der Waals surface area (Å²) in [6.07, 6.45) is 4.16. The number of guanidine groups is 1. The van der Waals surface area contributed by atoms with Gasteiger partial charge >= 0.3 is 0 Å². The van der Waals surface area contributed by atoms with E-state index in [0.717, 1.165) is 32.1 Å². The lowest BCUT2D eigenvalue weighted by molar-refractivity contribution is -0.130. The molecule has 1 aliphatic carbocycles. The number of hydrogen-bond acceptors (Lipinski definition) is 2. The van der Waals surface area contributed by atoms with E-state index in [-0.39, 0.29) is 11.3 Å². The van der Waals surface area contributed by atoms with Crippen molar-refractivity contribution < 1.29 is 4.79 Å². The molecular weight excluding hydrogens is 324 g/mol. The first-order valence-corrected chi connectivity index (χ1v) is 10.0. The Morgan fingerprint density at radius 1 is 1.12 bits per heavy atom. The molecule has 1 amide bonds. The summed E-state index contributed by atoms with van der Waals surface area (Å²) in [6.45, 7) is 9.84. The third kappa shape index (κ3) is 5.23. The predicted octanol–water partition coefficient (Wildman–Crippen LogP) is 2.92. The fraction of sp³-hybridized carbons (Fsp3) is 0.619. The summed E-state index contributed by atoms with van der Waals surface area (Å²) < 4.78 is 0. The van der Waals surface area contributed by atoms with E-state index in [2.05, 4.69) is 47.9 Å². The van der Waals surface area contributed by atoms with Gasteiger partial charge in [-0.25, -0.2) is 0 Å². The number of carbonyl (C=O) groups is 1. The topological polar surface area (TPSA) is 56.7 Å². The van der Waals surface area contributed by atoms with Gasteiger partial charge in [0.15, 0.2) is 5.96 Å². The summed E-state index contributed by atoms with van der Waals surface area (Å²) in [7, 11) is 0. The van der Waals surface area contributed by atoms with Crippen molar-refractivity contribution in [2.24, 2.45) is 4.99 Å². The number of amides is 1. The third-order valence-electron chi connectivity index (χ3n) is 5.33. The lowest BCUT2D eigenvalue weighted by Gasteiger charge is -2.41. The van der Waals surface area contributed by atoms with Crippen molar-refractivity contribution in [3.05, 3.63) is 35.9 Å². The smallest absolute Gasteiger partial charge is 0.224 e. The third-order valence-corrected chi connectivity index (χ3v) is 5.33. The molecule has 144 valence electrons. The minimum atomic E-state index is 0.181. The van der Waals surface area contributed by atoms with Crippen LogP contribution in [0.5, 0.6) is 0 Å². The van der Waals surface area contributed by atoms with Gasteiger partial charge in [-0.3, -0.25) is 9.79 Å². The molecule has 1 aliphatic rings. The Labute approximate surface area is 158 Å². The number of nitrogens with zero attached hydrogens (tertiary/aromatic N) is 2. The van der Waals surface area contributed by atoms with E-state index < -0.39 is 0 Å². The van der Waals surface area contributed by atoms with Crippen LogP contribution >= 0.6 is 0 Å². The minimum absolute atomic E-state index is 0.181. The Morgan fingerprint density at radius 2 is 1.81 bits per heavy atom. The normalized spacial score (nSPS) is 15.9. The van der Waals surface area contributed by atoms with Crippen LogP contribution in [-0.4, -0.2) is 49.5 Å².